The molecule has 0 aliphatic heterocycles. The number of nitro groups is 1. The lowest BCUT2D eigenvalue weighted by Gasteiger charge is -2.07. The van der Waals surface area contributed by atoms with E-state index in [1.165, 1.54) is 19.2 Å². The van der Waals surface area contributed by atoms with E-state index in [1.807, 2.05) is 16.8 Å². The van der Waals surface area contributed by atoms with Gasteiger partial charge in [0.15, 0.2) is 5.69 Å². The summed E-state index contributed by atoms with van der Waals surface area (Å²) in [6.07, 6.45) is 0.713. The first kappa shape index (κ1) is 14.9. The van der Waals surface area contributed by atoms with Gasteiger partial charge in [0.2, 0.25) is 5.82 Å². The Morgan fingerprint density at radius 3 is 2.90 bits per heavy atom. The van der Waals surface area contributed by atoms with Gasteiger partial charge in [-0.3, -0.25) is 10.1 Å². The number of carbonyl (C=O) groups is 1. The lowest BCUT2D eigenvalue weighted by molar-refractivity contribution is -0.384. The van der Waals surface area contributed by atoms with Crippen LogP contribution in [0, 0.1) is 10.1 Å². The molecule has 0 fully saturated rings. The Hall–Kier alpha value is -2.48. The molecule has 8 heteroatoms. The molecule has 0 saturated heterocycles. The molecule has 110 valence electrons. The van der Waals surface area contributed by atoms with Crippen molar-refractivity contribution in [2.45, 2.75) is 6.42 Å². The number of esters is 1. The fourth-order valence-electron chi connectivity index (χ4n) is 1.71. The van der Waals surface area contributed by atoms with Gasteiger partial charge in [-0.15, -0.1) is 0 Å². The van der Waals surface area contributed by atoms with E-state index < -0.39 is 10.9 Å². The van der Waals surface area contributed by atoms with Gasteiger partial charge in [-0.1, -0.05) is 0 Å². The number of pyridine rings is 1. The van der Waals surface area contributed by atoms with Crippen LogP contribution in [0.4, 0.5) is 11.5 Å². The summed E-state index contributed by atoms with van der Waals surface area (Å²) in [5, 5.41) is 17.8. The minimum atomic E-state index is -0.634. The minimum Gasteiger partial charge on any atom is -0.464 e. The highest BCUT2D eigenvalue weighted by atomic mass is 32.1. The first-order valence-electron chi connectivity index (χ1n) is 6.10. The molecule has 2 heterocycles. The molecule has 1 N–H and O–H groups in total. The number of anilines is 1. The van der Waals surface area contributed by atoms with Crippen LogP contribution in [0.1, 0.15) is 16.1 Å². The predicted octanol–water partition coefficient (Wildman–Crippen LogP) is 2.49. The first-order chi connectivity index (χ1) is 10.1. The lowest BCUT2D eigenvalue weighted by atomic mass is 10.2. The highest BCUT2D eigenvalue weighted by molar-refractivity contribution is 7.07. The van der Waals surface area contributed by atoms with E-state index in [9.17, 15) is 14.9 Å². The smallest absolute Gasteiger partial charge is 0.356 e. The van der Waals surface area contributed by atoms with Gasteiger partial charge in [0, 0.05) is 12.6 Å². The maximum atomic E-state index is 11.4. The third kappa shape index (κ3) is 3.76. The fraction of sp³-hybridized carbons (Fsp3) is 0.231. The van der Waals surface area contributed by atoms with Crippen molar-refractivity contribution in [1.82, 2.24) is 4.98 Å². The second kappa shape index (κ2) is 6.80. The third-order valence-corrected chi connectivity index (χ3v) is 3.48. The molecule has 0 saturated carbocycles. The van der Waals surface area contributed by atoms with Crippen molar-refractivity contribution >= 4 is 28.8 Å². The summed E-state index contributed by atoms with van der Waals surface area (Å²) in [6.45, 7) is 0.481. The van der Waals surface area contributed by atoms with E-state index in [-0.39, 0.29) is 17.2 Å². The molecule has 7 nitrogen and oxygen atoms in total. The van der Waals surface area contributed by atoms with Crippen molar-refractivity contribution in [2.24, 2.45) is 0 Å². The minimum absolute atomic E-state index is 0.0288. The summed E-state index contributed by atoms with van der Waals surface area (Å²) in [6, 6.07) is 4.50. The number of hydrogen-bond acceptors (Lipinski definition) is 7. The summed E-state index contributed by atoms with van der Waals surface area (Å²) >= 11 is 1.59. The summed E-state index contributed by atoms with van der Waals surface area (Å²) in [4.78, 5) is 25.8. The Kier molecular flexibility index (Phi) is 4.83. The number of methoxy groups -OCH3 is 1. The number of nitrogens with zero attached hydrogens (tertiary/aromatic N) is 2. The van der Waals surface area contributed by atoms with E-state index in [4.69, 9.17) is 0 Å². The van der Waals surface area contributed by atoms with Crippen LogP contribution >= 0.6 is 11.3 Å². The number of aromatic nitrogens is 1. The highest BCUT2D eigenvalue weighted by Crippen LogP contribution is 2.22. The summed E-state index contributed by atoms with van der Waals surface area (Å²) in [5.74, 6) is -0.566. The van der Waals surface area contributed by atoms with E-state index >= 15 is 0 Å². The summed E-state index contributed by atoms with van der Waals surface area (Å²) in [5.41, 5.74) is 0.994. The molecule has 0 amide bonds. The Morgan fingerprint density at radius 2 is 2.29 bits per heavy atom. The van der Waals surface area contributed by atoms with Crippen LogP contribution in [0.2, 0.25) is 0 Å². The van der Waals surface area contributed by atoms with Crippen LogP contribution in [0.3, 0.4) is 0 Å². The van der Waals surface area contributed by atoms with E-state index in [0.29, 0.717) is 13.0 Å². The van der Waals surface area contributed by atoms with Crippen molar-refractivity contribution in [3.8, 4) is 0 Å². The molecular weight excluding hydrogens is 294 g/mol. The number of nitrogens with one attached hydrogen (secondary N) is 1. The monoisotopic (exact) mass is 307 g/mol. The van der Waals surface area contributed by atoms with Gasteiger partial charge < -0.3 is 10.1 Å². The van der Waals surface area contributed by atoms with Gasteiger partial charge in [-0.05, 0) is 34.9 Å². The number of carbonyl (C=O) groups excluding carboxylic acids is 1. The molecule has 2 aromatic rings. The average molecular weight is 307 g/mol. The molecule has 0 aliphatic rings. The van der Waals surface area contributed by atoms with Gasteiger partial charge >= 0.3 is 11.7 Å². The zero-order chi connectivity index (χ0) is 15.2. The SMILES string of the molecule is COC(=O)c1ccc([N+](=O)[O-])c(NCCc2ccsc2)n1. The molecule has 0 spiro atoms. The van der Waals surface area contributed by atoms with Gasteiger partial charge in [-0.25, -0.2) is 9.78 Å². The van der Waals surface area contributed by atoms with Crippen molar-refractivity contribution in [3.63, 3.8) is 0 Å². The van der Waals surface area contributed by atoms with Crippen LogP contribution in [-0.2, 0) is 11.2 Å². The Labute approximate surface area is 124 Å². The van der Waals surface area contributed by atoms with E-state index in [1.54, 1.807) is 11.3 Å². The summed E-state index contributed by atoms with van der Waals surface area (Å²) < 4.78 is 4.56. The van der Waals surface area contributed by atoms with Crippen LogP contribution in [0.5, 0.6) is 0 Å². The van der Waals surface area contributed by atoms with Gasteiger partial charge in [0.1, 0.15) is 0 Å². The standard InChI is InChI=1S/C13H13N3O4S/c1-20-13(17)10-2-3-11(16(18)19)12(15-10)14-6-4-9-5-7-21-8-9/h2-3,5,7-8H,4,6H2,1H3,(H,14,15). The Bertz CT molecular complexity index is 643. The number of hydrogen-bond donors (Lipinski definition) is 1. The van der Waals surface area contributed by atoms with Crippen LogP contribution in [-0.4, -0.2) is 29.5 Å². The Morgan fingerprint density at radius 1 is 1.48 bits per heavy atom. The lowest BCUT2D eigenvalue weighted by Crippen LogP contribution is -2.11. The van der Waals surface area contributed by atoms with Gasteiger partial charge in [-0.2, -0.15) is 11.3 Å². The number of ether oxygens (including phenoxy) is 1. The average Bonchev–Trinajstić information content (AvgIpc) is 2.99. The summed E-state index contributed by atoms with van der Waals surface area (Å²) in [7, 11) is 1.23. The molecule has 0 atom stereocenters. The van der Waals surface area contributed by atoms with E-state index in [2.05, 4.69) is 15.0 Å². The first-order valence-corrected chi connectivity index (χ1v) is 7.05. The molecule has 21 heavy (non-hydrogen) atoms. The normalized spacial score (nSPS) is 10.1. The largest absolute Gasteiger partial charge is 0.464 e. The zero-order valence-corrected chi connectivity index (χ0v) is 12.1. The maximum Gasteiger partial charge on any atom is 0.356 e. The number of thiophene rings is 1. The Balaban J connectivity index is 2.14. The van der Waals surface area contributed by atoms with Crippen molar-refractivity contribution in [1.29, 1.82) is 0 Å². The zero-order valence-electron chi connectivity index (χ0n) is 11.2. The molecule has 0 radical (unpaired) electrons. The second-order valence-electron chi connectivity index (χ2n) is 4.12. The molecule has 2 rings (SSSR count). The van der Waals surface area contributed by atoms with Crippen molar-refractivity contribution in [3.05, 3.63) is 50.3 Å². The molecular formula is C13H13N3O4S. The molecule has 2 aromatic heterocycles. The fourth-order valence-corrected chi connectivity index (χ4v) is 2.41. The van der Waals surface area contributed by atoms with Crippen molar-refractivity contribution in [2.75, 3.05) is 19.0 Å². The third-order valence-electron chi connectivity index (χ3n) is 2.75. The van der Waals surface area contributed by atoms with Gasteiger partial charge in [0.25, 0.3) is 0 Å². The van der Waals surface area contributed by atoms with Crippen LogP contribution < -0.4 is 5.32 Å². The van der Waals surface area contributed by atoms with E-state index in [0.717, 1.165) is 5.56 Å². The van der Waals surface area contributed by atoms with Gasteiger partial charge in [0.05, 0.1) is 12.0 Å². The molecule has 0 unspecified atom stereocenters. The number of rotatable bonds is 6. The predicted molar refractivity (Wildman–Crippen MR) is 78.7 cm³/mol. The molecule has 0 bridgehead atoms. The highest BCUT2D eigenvalue weighted by Gasteiger charge is 2.18. The topological polar surface area (TPSA) is 94.4 Å². The van der Waals surface area contributed by atoms with Crippen molar-refractivity contribution < 1.29 is 14.5 Å². The molecule has 0 aliphatic carbocycles. The maximum absolute atomic E-state index is 11.4. The quantitative estimate of drug-likeness (QED) is 0.500. The second-order valence-corrected chi connectivity index (χ2v) is 4.90. The van der Waals surface area contributed by atoms with Crippen LogP contribution in [0.15, 0.2) is 29.0 Å². The van der Waals surface area contributed by atoms with Crippen LogP contribution in [0.25, 0.3) is 0 Å². The molecule has 0 aromatic carbocycles.